The molecule has 8 rings (SSSR count). The molecule has 2 aromatic rings. The number of ether oxygens (including phenoxy) is 1. The van der Waals surface area contributed by atoms with E-state index in [2.05, 4.69) is 70.4 Å². The normalized spacial score (nSPS) is 38.9. The van der Waals surface area contributed by atoms with Crippen LogP contribution in [-0.4, -0.2) is 82.1 Å². The Bertz CT molecular complexity index is 2080. The maximum absolute atomic E-state index is 14.9. The molecule has 0 amide bonds. The van der Waals surface area contributed by atoms with Gasteiger partial charge in [0.05, 0.1) is 17.8 Å². The van der Waals surface area contributed by atoms with Gasteiger partial charge in [-0.25, -0.2) is 0 Å². The molecule has 62 heavy (non-hydrogen) atoms. The topological polar surface area (TPSA) is 178 Å². The van der Waals surface area contributed by atoms with Gasteiger partial charge in [0, 0.05) is 54.6 Å². The number of phenols is 1. The van der Waals surface area contributed by atoms with Crippen molar-refractivity contribution >= 4 is 17.3 Å². The van der Waals surface area contributed by atoms with E-state index in [0.29, 0.717) is 51.1 Å². The summed E-state index contributed by atoms with van der Waals surface area (Å²) in [5.41, 5.74) is 9.37. The van der Waals surface area contributed by atoms with E-state index < -0.39 is 45.4 Å². The van der Waals surface area contributed by atoms with Crippen molar-refractivity contribution in [3.63, 3.8) is 0 Å². The van der Waals surface area contributed by atoms with Crippen LogP contribution in [0.1, 0.15) is 141 Å². The van der Waals surface area contributed by atoms with Gasteiger partial charge in [-0.3, -0.25) is 9.59 Å². The van der Waals surface area contributed by atoms with Crippen LogP contribution in [0.2, 0.25) is 0 Å². The van der Waals surface area contributed by atoms with Crippen molar-refractivity contribution in [2.75, 3.05) is 25.9 Å². The van der Waals surface area contributed by atoms with Gasteiger partial charge < -0.3 is 41.5 Å². The Morgan fingerprint density at radius 1 is 0.968 bits per heavy atom. The Morgan fingerprint density at radius 2 is 1.73 bits per heavy atom. The highest BCUT2D eigenvalue weighted by molar-refractivity contribution is 6.00. The quantitative estimate of drug-likeness (QED) is 0.0753. The summed E-state index contributed by atoms with van der Waals surface area (Å²) < 4.78 is 6.49. The van der Waals surface area contributed by atoms with E-state index in [4.69, 9.17) is 10.5 Å². The van der Waals surface area contributed by atoms with Crippen LogP contribution in [0, 0.1) is 45.3 Å². The standard InChI is InChI=1S/C52H75N3O7/c1-29(19-41(59)47-51(7,62-47)38-14-10-13-36(38)32-11-9-12-34(53)22-32)44-39-15-16-43-49(5)24-37(33-20-31(28-54-8)21-35(58)23-33)46(61)48(3,4)45(49)40(55-27-30(2)57)25-52(43,17-18-56)50(39,6)26-42(44)60/h9,11-12,20-23,29-30,36-38,40-41,43,45,47,54-59H,10,13-19,24-28,53H2,1-8H3. The van der Waals surface area contributed by atoms with Crippen LogP contribution in [-0.2, 0) is 20.9 Å². The molecule has 6 aliphatic rings. The minimum absolute atomic E-state index is 0.0257. The van der Waals surface area contributed by atoms with Crippen LogP contribution in [0.25, 0.3) is 0 Å². The van der Waals surface area contributed by atoms with Crippen molar-refractivity contribution < 1.29 is 34.8 Å². The number of hydrogen-bond acceptors (Lipinski definition) is 10. The number of benzene rings is 2. The number of fused-ring (bicyclic) bond motifs is 5. The molecule has 1 heterocycles. The highest BCUT2D eigenvalue weighted by Gasteiger charge is 2.72. The molecule has 0 radical (unpaired) electrons. The molecule has 10 nitrogen and oxygen atoms in total. The number of carbonyl (C=O) groups excluding carboxylic acids is 2. The van der Waals surface area contributed by atoms with Gasteiger partial charge >= 0.3 is 0 Å². The maximum atomic E-state index is 14.9. The van der Waals surface area contributed by atoms with Crippen LogP contribution in [0.3, 0.4) is 0 Å². The van der Waals surface area contributed by atoms with E-state index in [9.17, 15) is 30.0 Å². The first-order valence-electron chi connectivity index (χ1n) is 23.8. The van der Waals surface area contributed by atoms with Crippen LogP contribution in [0.15, 0.2) is 53.6 Å². The first kappa shape index (κ1) is 45.4. The molecule has 14 unspecified atom stereocenters. The highest BCUT2D eigenvalue weighted by atomic mass is 16.6. The molecule has 340 valence electrons. The lowest BCUT2D eigenvalue weighted by molar-refractivity contribution is -0.203. The number of epoxide rings is 1. The molecular formula is C52H75N3O7. The van der Waals surface area contributed by atoms with Gasteiger partial charge in [0.2, 0.25) is 0 Å². The number of nitrogens with one attached hydrogen (secondary N) is 2. The fraction of sp³-hybridized carbons (Fsp3) is 0.692. The van der Waals surface area contributed by atoms with Gasteiger partial charge in [-0.2, -0.15) is 0 Å². The van der Waals surface area contributed by atoms with Crippen molar-refractivity contribution in [1.29, 1.82) is 0 Å². The second kappa shape index (κ2) is 16.4. The van der Waals surface area contributed by atoms with Crippen LogP contribution < -0.4 is 16.4 Å². The Morgan fingerprint density at radius 3 is 2.42 bits per heavy atom. The lowest BCUT2D eigenvalue weighted by atomic mass is 9.33. The summed E-state index contributed by atoms with van der Waals surface area (Å²) in [5.74, 6) is 0.455. The lowest BCUT2D eigenvalue weighted by Gasteiger charge is -2.71. The monoisotopic (exact) mass is 854 g/mol. The Kier molecular flexibility index (Phi) is 12.0. The summed E-state index contributed by atoms with van der Waals surface area (Å²) in [6.45, 7) is 15.8. The van der Waals surface area contributed by atoms with Crippen molar-refractivity contribution in [1.82, 2.24) is 10.6 Å². The minimum Gasteiger partial charge on any atom is -0.508 e. The van der Waals surface area contributed by atoms with Gasteiger partial charge in [0.1, 0.15) is 17.6 Å². The number of aliphatic hydroxyl groups is 3. The zero-order valence-corrected chi connectivity index (χ0v) is 38.6. The molecule has 10 heteroatoms. The van der Waals surface area contributed by atoms with Gasteiger partial charge in [-0.1, -0.05) is 64.8 Å². The zero-order valence-electron chi connectivity index (χ0n) is 38.6. The third-order valence-electron chi connectivity index (χ3n) is 18.1. The lowest BCUT2D eigenvalue weighted by Crippen LogP contribution is -2.70. The first-order chi connectivity index (χ1) is 29.2. The Labute approximate surface area is 369 Å². The molecule has 14 atom stereocenters. The number of rotatable bonds is 14. The SMILES string of the molecule is CNCc1cc(O)cc(C2CC3(C)C(C(NCC(C)O)CC4(CCO)C3CCC3=C(C(C)CC(O)C5OC5(C)C5CCCC5c5cccc(N)c5)C(=O)CC34C)C(C)(C)C2=O)c1. The predicted octanol–water partition coefficient (Wildman–Crippen LogP) is 7.32. The van der Waals surface area contributed by atoms with E-state index in [1.807, 2.05) is 19.2 Å². The number of anilines is 1. The summed E-state index contributed by atoms with van der Waals surface area (Å²) in [4.78, 5) is 29.7. The summed E-state index contributed by atoms with van der Waals surface area (Å²) in [7, 11) is 1.87. The summed E-state index contributed by atoms with van der Waals surface area (Å²) in [6, 6.07) is 13.6. The van der Waals surface area contributed by atoms with E-state index in [0.717, 1.165) is 54.5 Å². The average Bonchev–Trinajstić information content (AvgIpc) is 3.50. The molecule has 4 saturated carbocycles. The summed E-state index contributed by atoms with van der Waals surface area (Å²) in [5, 5.41) is 51.6. The number of hydrogen-bond donors (Lipinski definition) is 7. The number of allylic oxidation sites excluding steroid dienone is 2. The fourth-order valence-corrected chi connectivity index (χ4v) is 15.8. The molecular weight excluding hydrogens is 779 g/mol. The summed E-state index contributed by atoms with van der Waals surface area (Å²) in [6.07, 6.45) is 5.75. The molecule has 8 N–H and O–H groups in total. The number of carbonyl (C=O) groups is 2. The van der Waals surface area contributed by atoms with E-state index in [1.165, 1.54) is 11.1 Å². The predicted molar refractivity (Wildman–Crippen MR) is 242 cm³/mol. The number of aliphatic hydroxyl groups excluding tert-OH is 3. The largest absolute Gasteiger partial charge is 0.508 e. The second-order valence-corrected chi connectivity index (χ2v) is 22.1. The molecule has 5 fully saturated rings. The number of nitrogens with two attached hydrogens (primary N) is 1. The van der Waals surface area contributed by atoms with Crippen molar-refractivity contribution in [3.8, 4) is 5.75 Å². The van der Waals surface area contributed by atoms with Gasteiger partial charge in [0.25, 0.3) is 0 Å². The first-order valence-corrected chi connectivity index (χ1v) is 23.8. The van der Waals surface area contributed by atoms with E-state index in [-0.39, 0.29) is 59.7 Å². The average molecular weight is 854 g/mol. The zero-order chi connectivity index (χ0) is 44.7. The Balaban J connectivity index is 1.13. The number of nitrogen functional groups attached to an aromatic ring is 1. The number of aromatic hydroxyl groups is 1. The van der Waals surface area contributed by atoms with E-state index >= 15 is 0 Å². The van der Waals surface area contributed by atoms with Crippen molar-refractivity contribution in [2.24, 2.45) is 45.3 Å². The number of ketones is 2. The van der Waals surface area contributed by atoms with Crippen LogP contribution >= 0.6 is 0 Å². The van der Waals surface area contributed by atoms with Gasteiger partial charge in [-0.15, -0.1) is 0 Å². The van der Waals surface area contributed by atoms with Crippen molar-refractivity contribution in [3.05, 3.63) is 70.3 Å². The number of phenolic OH excluding ortho intramolecular Hbond substituents is 1. The molecule has 1 aliphatic heterocycles. The number of Topliss-reactive ketones (excluding diaryl/α,β-unsaturated/α-hetero) is 2. The second-order valence-electron chi connectivity index (χ2n) is 22.1. The molecule has 5 aliphatic carbocycles. The third kappa shape index (κ3) is 7.22. The van der Waals surface area contributed by atoms with Gasteiger partial charge in [0.15, 0.2) is 5.78 Å². The smallest absolute Gasteiger partial charge is 0.159 e. The molecule has 0 bridgehead atoms. The maximum Gasteiger partial charge on any atom is 0.159 e. The van der Waals surface area contributed by atoms with Crippen LogP contribution in [0.4, 0.5) is 5.69 Å². The highest BCUT2D eigenvalue weighted by Crippen LogP contribution is 2.76. The van der Waals surface area contributed by atoms with E-state index in [1.54, 1.807) is 19.1 Å². The Hall–Kier alpha value is -3.12. The molecule has 2 aromatic carbocycles. The summed E-state index contributed by atoms with van der Waals surface area (Å²) >= 11 is 0. The minimum atomic E-state index is -0.751. The van der Waals surface area contributed by atoms with Crippen LogP contribution in [0.5, 0.6) is 5.75 Å². The van der Waals surface area contributed by atoms with Crippen molar-refractivity contribution in [2.45, 2.75) is 161 Å². The molecule has 1 saturated heterocycles. The molecule has 0 aromatic heterocycles. The van der Waals surface area contributed by atoms with Gasteiger partial charge in [-0.05, 0) is 159 Å². The third-order valence-corrected chi connectivity index (χ3v) is 18.1. The molecule has 0 spiro atoms. The fourth-order valence-electron chi connectivity index (χ4n) is 15.8.